The van der Waals surface area contributed by atoms with Crippen LogP contribution in [-0.4, -0.2) is 25.1 Å². The molecule has 1 aromatic rings. The van der Waals surface area contributed by atoms with Gasteiger partial charge in [0.2, 0.25) is 0 Å². The number of hydrogen-bond acceptors (Lipinski definition) is 3. The van der Waals surface area contributed by atoms with Crippen molar-refractivity contribution in [3.05, 3.63) is 29.8 Å². The second-order valence-corrected chi connectivity index (χ2v) is 5.53. The molecule has 1 amide bonds. The Bertz CT molecular complexity index is 448. The minimum absolute atomic E-state index is 0.0348. The highest BCUT2D eigenvalue weighted by atomic mass is 16.5. The third-order valence-electron chi connectivity index (χ3n) is 3.70. The molecule has 0 heterocycles. The highest BCUT2D eigenvalue weighted by molar-refractivity contribution is 5.94. The first-order valence-electron chi connectivity index (χ1n) is 7.45. The van der Waals surface area contributed by atoms with E-state index in [0.29, 0.717) is 30.7 Å². The lowest BCUT2D eigenvalue weighted by Crippen LogP contribution is -2.29. The fourth-order valence-corrected chi connectivity index (χ4v) is 2.59. The quantitative estimate of drug-likeness (QED) is 0.838. The van der Waals surface area contributed by atoms with Crippen LogP contribution >= 0.6 is 0 Å². The van der Waals surface area contributed by atoms with Gasteiger partial charge in [-0.2, -0.15) is 0 Å². The summed E-state index contributed by atoms with van der Waals surface area (Å²) in [5.74, 6) is 1.24. The second-order valence-electron chi connectivity index (χ2n) is 5.53. The standard InChI is InChI=1S/C16H24N2O2/c1-2-8-20-15-5-3-4-13(10-15)16(19)18-11-12-6-7-14(17)9-12/h3-5,10,12,14H,2,6-9,11,17H2,1H3,(H,18,19). The number of rotatable bonds is 6. The minimum atomic E-state index is -0.0348. The van der Waals surface area contributed by atoms with E-state index in [2.05, 4.69) is 12.2 Å². The normalized spacial score (nSPS) is 21.7. The fourth-order valence-electron chi connectivity index (χ4n) is 2.59. The van der Waals surface area contributed by atoms with Gasteiger partial charge in [0.15, 0.2) is 0 Å². The van der Waals surface area contributed by atoms with E-state index in [0.717, 1.165) is 31.4 Å². The number of benzene rings is 1. The third kappa shape index (κ3) is 4.23. The Morgan fingerprint density at radius 1 is 1.45 bits per heavy atom. The fraction of sp³-hybridized carbons (Fsp3) is 0.562. The lowest BCUT2D eigenvalue weighted by atomic mass is 10.1. The number of carbonyl (C=O) groups excluding carboxylic acids is 1. The molecule has 0 spiro atoms. The van der Waals surface area contributed by atoms with E-state index in [4.69, 9.17) is 10.5 Å². The molecule has 1 saturated carbocycles. The minimum Gasteiger partial charge on any atom is -0.494 e. The first-order valence-corrected chi connectivity index (χ1v) is 7.45. The zero-order valence-corrected chi connectivity index (χ0v) is 12.1. The van der Waals surface area contributed by atoms with E-state index < -0.39 is 0 Å². The van der Waals surface area contributed by atoms with Crippen LogP contribution in [0.2, 0.25) is 0 Å². The molecular formula is C16H24N2O2. The van der Waals surface area contributed by atoms with Crippen LogP contribution in [0.15, 0.2) is 24.3 Å². The Kier molecular flexibility index (Phi) is 5.41. The Balaban J connectivity index is 1.85. The molecule has 1 aliphatic carbocycles. The van der Waals surface area contributed by atoms with Gasteiger partial charge >= 0.3 is 0 Å². The van der Waals surface area contributed by atoms with Crippen molar-refractivity contribution in [2.45, 2.75) is 38.6 Å². The number of carbonyl (C=O) groups is 1. The molecule has 4 heteroatoms. The van der Waals surface area contributed by atoms with Crippen molar-refractivity contribution in [2.24, 2.45) is 11.7 Å². The molecule has 20 heavy (non-hydrogen) atoms. The van der Waals surface area contributed by atoms with Gasteiger partial charge in [0, 0.05) is 18.2 Å². The van der Waals surface area contributed by atoms with Crippen LogP contribution in [0.3, 0.4) is 0 Å². The Labute approximate surface area is 120 Å². The maximum atomic E-state index is 12.1. The molecule has 0 aromatic heterocycles. The smallest absolute Gasteiger partial charge is 0.251 e. The molecule has 1 aromatic carbocycles. The molecule has 0 radical (unpaired) electrons. The zero-order valence-electron chi connectivity index (χ0n) is 12.1. The van der Waals surface area contributed by atoms with Crippen molar-refractivity contribution in [2.75, 3.05) is 13.2 Å². The van der Waals surface area contributed by atoms with Crippen molar-refractivity contribution in [3.63, 3.8) is 0 Å². The Hall–Kier alpha value is -1.55. The van der Waals surface area contributed by atoms with E-state index in [9.17, 15) is 4.79 Å². The second kappa shape index (κ2) is 7.29. The van der Waals surface area contributed by atoms with Crippen molar-refractivity contribution in [1.82, 2.24) is 5.32 Å². The van der Waals surface area contributed by atoms with Crippen LogP contribution in [0.4, 0.5) is 0 Å². The predicted octanol–water partition coefficient (Wildman–Crippen LogP) is 2.33. The largest absolute Gasteiger partial charge is 0.494 e. The Morgan fingerprint density at radius 2 is 2.30 bits per heavy atom. The number of amides is 1. The summed E-state index contributed by atoms with van der Waals surface area (Å²) in [7, 11) is 0. The summed E-state index contributed by atoms with van der Waals surface area (Å²) in [6.45, 7) is 3.44. The SMILES string of the molecule is CCCOc1cccc(C(=O)NCC2CCC(N)C2)c1. The predicted molar refractivity (Wildman–Crippen MR) is 79.9 cm³/mol. The molecule has 1 aliphatic rings. The lowest BCUT2D eigenvalue weighted by molar-refractivity contribution is 0.0947. The maximum Gasteiger partial charge on any atom is 0.251 e. The van der Waals surface area contributed by atoms with Gasteiger partial charge in [-0.05, 0) is 49.8 Å². The van der Waals surface area contributed by atoms with Gasteiger partial charge in [-0.3, -0.25) is 4.79 Å². The molecule has 3 N–H and O–H groups in total. The average molecular weight is 276 g/mol. The van der Waals surface area contributed by atoms with Crippen LogP contribution in [-0.2, 0) is 0 Å². The first kappa shape index (κ1) is 14.9. The molecule has 4 nitrogen and oxygen atoms in total. The maximum absolute atomic E-state index is 12.1. The number of nitrogens with one attached hydrogen (secondary N) is 1. The van der Waals surface area contributed by atoms with Crippen LogP contribution in [0.1, 0.15) is 43.0 Å². The van der Waals surface area contributed by atoms with Crippen molar-refractivity contribution < 1.29 is 9.53 Å². The van der Waals surface area contributed by atoms with Gasteiger partial charge in [0.1, 0.15) is 5.75 Å². The highest BCUT2D eigenvalue weighted by Gasteiger charge is 2.22. The van der Waals surface area contributed by atoms with Crippen LogP contribution in [0, 0.1) is 5.92 Å². The highest BCUT2D eigenvalue weighted by Crippen LogP contribution is 2.23. The number of hydrogen-bond donors (Lipinski definition) is 2. The van der Waals surface area contributed by atoms with Crippen LogP contribution in [0.25, 0.3) is 0 Å². The van der Waals surface area contributed by atoms with E-state index in [1.54, 1.807) is 6.07 Å². The van der Waals surface area contributed by atoms with Gasteiger partial charge in [0.05, 0.1) is 6.61 Å². The summed E-state index contributed by atoms with van der Waals surface area (Å²) in [5, 5.41) is 2.99. The summed E-state index contributed by atoms with van der Waals surface area (Å²) < 4.78 is 5.54. The lowest BCUT2D eigenvalue weighted by Gasteiger charge is -2.12. The van der Waals surface area contributed by atoms with E-state index in [1.165, 1.54) is 0 Å². The molecule has 2 rings (SSSR count). The summed E-state index contributed by atoms with van der Waals surface area (Å²) in [4.78, 5) is 12.1. The van der Waals surface area contributed by atoms with Gasteiger partial charge < -0.3 is 15.8 Å². The summed E-state index contributed by atoms with van der Waals surface area (Å²) >= 11 is 0. The zero-order chi connectivity index (χ0) is 14.4. The van der Waals surface area contributed by atoms with Crippen LogP contribution in [0.5, 0.6) is 5.75 Å². The molecule has 0 saturated heterocycles. The topological polar surface area (TPSA) is 64.3 Å². The monoisotopic (exact) mass is 276 g/mol. The van der Waals surface area contributed by atoms with E-state index >= 15 is 0 Å². The van der Waals surface area contributed by atoms with Crippen molar-refractivity contribution >= 4 is 5.91 Å². The van der Waals surface area contributed by atoms with Gasteiger partial charge in [-0.25, -0.2) is 0 Å². The van der Waals surface area contributed by atoms with Crippen molar-refractivity contribution in [3.8, 4) is 5.75 Å². The van der Waals surface area contributed by atoms with E-state index in [1.807, 2.05) is 18.2 Å². The molecule has 110 valence electrons. The average Bonchev–Trinajstić information content (AvgIpc) is 2.88. The number of ether oxygens (including phenoxy) is 1. The van der Waals surface area contributed by atoms with Gasteiger partial charge in [0.25, 0.3) is 5.91 Å². The van der Waals surface area contributed by atoms with Gasteiger partial charge in [-0.15, -0.1) is 0 Å². The van der Waals surface area contributed by atoms with Crippen molar-refractivity contribution in [1.29, 1.82) is 0 Å². The molecule has 2 unspecified atom stereocenters. The molecular weight excluding hydrogens is 252 g/mol. The molecule has 2 atom stereocenters. The van der Waals surface area contributed by atoms with E-state index in [-0.39, 0.29) is 5.91 Å². The molecule has 1 fully saturated rings. The summed E-state index contributed by atoms with van der Waals surface area (Å²) in [5.41, 5.74) is 6.53. The van der Waals surface area contributed by atoms with Gasteiger partial charge in [-0.1, -0.05) is 13.0 Å². The Morgan fingerprint density at radius 3 is 3.00 bits per heavy atom. The van der Waals surface area contributed by atoms with Crippen LogP contribution < -0.4 is 15.8 Å². The summed E-state index contributed by atoms with van der Waals surface area (Å²) in [6, 6.07) is 7.65. The molecule has 0 aliphatic heterocycles. The first-order chi connectivity index (χ1) is 9.69. The third-order valence-corrected chi connectivity index (χ3v) is 3.70. The molecule has 0 bridgehead atoms. The summed E-state index contributed by atoms with van der Waals surface area (Å²) in [6.07, 6.45) is 4.15. The number of nitrogens with two attached hydrogens (primary N) is 1.